The molecule has 0 bridgehead atoms. The number of urea groups is 1. The van der Waals surface area contributed by atoms with Gasteiger partial charge in [0.1, 0.15) is 12.6 Å². The van der Waals surface area contributed by atoms with Crippen molar-refractivity contribution < 1.29 is 14.1 Å². The van der Waals surface area contributed by atoms with Crippen LogP contribution in [0.25, 0.3) is 0 Å². The molecule has 1 unspecified atom stereocenters. The lowest BCUT2D eigenvalue weighted by Crippen LogP contribution is -2.42. The van der Waals surface area contributed by atoms with E-state index in [1.165, 1.54) is 5.56 Å². The van der Waals surface area contributed by atoms with Crippen LogP contribution in [0.2, 0.25) is 0 Å². The molecule has 1 aliphatic heterocycles. The van der Waals surface area contributed by atoms with Gasteiger partial charge in [0.05, 0.1) is 0 Å². The second-order valence-electron chi connectivity index (χ2n) is 6.68. The normalized spacial score (nSPS) is 17.8. The maximum Gasteiger partial charge on any atom is 0.318 e. The minimum atomic E-state index is -0.186. The summed E-state index contributed by atoms with van der Waals surface area (Å²) in [6, 6.07) is 7.88. The number of hydrogen-bond donors (Lipinski definition) is 1. The van der Waals surface area contributed by atoms with Gasteiger partial charge in [0.2, 0.25) is 5.89 Å². The van der Waals surface area contributed by atoms with Crippen molar-refractivity contribution in [2.45, 2.75) is 51.8 Å². The van der Waals surface area contributed by atoms with Crippen LogP contribution in [0.1, 0.15) is 54.6 Å². The molecule has 7 heteroatoms. The molecule has 1 atom stereocenters. The lowest BCUT2D eigenvalue weighted by Gasteiger charge is -2.27. The average molecular weight is 358 g/mol. The molecule has 0 saturated carbocycles. The summed E-state index contributed by atoms with van der Waals surface area (Å²) in [5, 5.41) is 6.96. The first-order chi connectivity index (χ1) is 12.7. The molecule has 26 heavy (non-hydrogen) atoms. The van der Waals surface area contributed by atoms with E-state index in [2.05, 4.69) is 15.5 Å². The molecular formula is C19H26N4O3. The van der Waals surface area contributed by atoms with Crippen LogP contribution in [-0.4, -0.2) is 34.7 Å². The molecule has 0 spiro atoms. The molecule has 2 amide bonds. The van der Waals surface area contributed by atoms with Crippen molar-refractivity contribution in [3.05, 3.63) is 47.1 Å². The minimum absolute atomic E-state index is 0.0935. The van der Waals surface area contributed by atoms with E-state index in [1.54, 1.807) is 7.11 Å². The number of methoxy groups -OCH3 is 1. The van der Waals surface area contributed by atoms with E-state index >= 15 is 0 Å². The molecule has 0 aliphatic carbocycles. The van der Waals surface area contributed by atoms with Crippen LogP contribution in [0.5, 0.6) is 0 Å². The summed E-state index contributed by atoms with van der Waals surface area (Å²) in [4.78, 5) is 19.0. The third-order valence-electron chi connectivity index (χ3n) is 4.62. The monoisotopic (exact) mass is 358 g/mol. The van der Waals surface area contributed by atoms with Crippen molar-refractivity contribution in [1.29, 1.82) is 0 Å². The Labute approximate surface area is 153 Å². The number of nitrogens with one attached hydrogen (secondary N) is 1. The Hall–Kier alpha value is -2.41. The molecule has 1 aromatic carbocycles. The Balaban J connectivity index is 1.68. The molecule has 7 nitrogen and oxygen atoms in total. The number of aryl methyl sites for hydroxylation is 1. The van der Waals surface area contributed by atoms with E-state index in [1.807, 2.05) is 36.1 Å². The summed E-state index contributed by atoms with van der Waals surface area (Å²) in [5.41, 5.74) is 2.28. The molecule has 1 fully saturated rings. The number of rotatable bonds is 5. The Bertz CT molecular complexity index is 714. The zero-order valence-electron chi connectivity index (χ0n) is 15.4. The summed E-state index contributed by atoms with van der Waals surface area (Å²) >= 11 is 0. The fourth-order valence-electron chi connectivity index (χ4n) is 3.18. The second kappa shape index (κ2) is 8.80. The Morgan fingerprint density at radius 1 is 1.31 bits per heavy atom. The molecular weight excluding hydrogens is 332 g/mol. The number of carbonyl (C=O) groups excluding carboxylic acids is 1. The summed E-state index contributed by atoms with van der Waals surface area (Å²) in [6.07, 6.45) is 3.94. The van der Waals surface area contributed by atoms with Crippen molar-refractivity contribution >= 4 is 6.03 Å². The van der Waals surface area contributed by atoms with Gasteiger partial charge in [-0.25, -0.2) is 4.79 Å². The first-order valence-corrected chi connectivity index (χ1v) is 9.09. The molecule has 0 radical (unpaired) electrons. The summed E-state index contributed by atoms with van der Waals surface area (Å²) in [6.45, 7) is 3.54. The number of hydrogen-bond acceptors (Lipinski definition) is 5. The summed E-state index contributed by atoms with van der Waals surface area (Å²) in [7, 11) is 1.59. The quantitative estimate of drug-likeness (QED) is 0.886. The van der Waals surface area contributed by atoms with Gasteiger partial charge in [-0.15, -0.1) is 0 Å². The van der Waals surface area contributed by atoms with E-state index in [4.69, 9.17) is 9.26 Å². The van der Waals surface area contributed by atoms with Crippen molar-refractivity contribution in [2.24, 2.45) is 0 Å². The average Bonchev–Trinajstić information content (AvgIpc) is 2.96. The third-order valence-corrected chi connectivity index (χ3v) is 4.62. The van der Waals surface area contributed by atoms with Gasteiger partial charge in [-0.2, -0.15) is 4.98 Å². The van der Waals surface area contributed by atoms with Crippen LogP contribution in [0, 0.1) is 6.92 Å². The van der Waals surface area contributed by atoms with Crippen molar-refractivity contribution in [2.75, 3.05) is 13.7 Å². The van der Waals surface area contributed by atoms with Crippen LogP contribution in [0.4, 0.5) is 4.79 Å². The molecule has 1 N–H and O–H groups in total. The highest BCUT2D eigenvalue weighted by Gasteiger charge is 2.31. The van der Waals surface area contributed by atoms with Gasteiger partial charge in [0.25, 0.3) is 0 Å². The predicted molar refractivity (Wildman–Crippen MR) is 96.3 cm³/mol. The first-order valence-electron chi connectivity index (χ1n) is 9.09. The number of ether oxygens (including phenoxy) is 1. The zero-order chi connectivity index (χ0) is 18.4. The van der Waals surface area contributed by atoms with E-state index in [9.17, 15) is 4.79 Å². The van der Waals surface area contributed by atoms with Crippen LogP contribution in [0.3, 0.4) is 0 Å². The number of likely N-dealkylation sites (tertiary alicyclic amines) is 1. The largest absolute Gasteiger partial charge is 0.377 e. The highest BCUT2D eigenvalue weighted by Crippen LogP contribution is 2.29. The predicted octanol–water partition coefficient (Wildman–Crippen LogP) is 3.35. The van der Waals surface area contributed by atoms with Gasteiger partial charge in [-0.05, 0) is 25.3 Å². The van der Waals surface area contributed by atoms with Gasteiger partial charge in [-0.1, -0.05) is 47.8 Å². The minimum Gasteiger partial charge on any atom is -0.377 e. The van der Waals surface area contributed by atoms with Crippen LogP contribution in [-0.2, 0) is 17.9 Å². The summed E-state index contributed by atoms with van der Waals surface area (Å²) in [5.74, 6) is 0.996. The maximum absolute atomic E-state index is 12.8. The molecule has 3 rings (SSSR count). The van der Waals surface area contributed by atoms with E-state index < -0.39 is 0 Å². The maximum atomic E-state index is 12.8. The summed E-state index contributed by atoms with van der Waals surface area (Å²) < 4.78 is 10.5. The fraction of sp³-hybridized carbons (Fsp3) is 0.526. The Kier molecular flexibility index (Phi) is 6.22. The smallest absolute Gasteiger partial charge is 0.318 e. The van der Waals surface area contributed by atoms with Gasteiger partial charge >= 0.3 is 6.03 Å². The van der Waals surface area contributed by atoms with E-state index in [0.29, 0.717) is 31.4 Å². The third kappa shape index (κ3) is 4.60. The van der Waals surface area contributed by atoms with Gasteiger partial charge in [0.15, 0.2) is 5.82 Å². The van der Waals surface area contributed by atoms with Gasteiger partial charge in [0, 0.05) is 20.2 Å². The molecule has 2 aromatic rings. The molecule has 1 aliphatic rings. The fourth-order valence-corrected chi connectivity index (χ4v) is 3.18. The van der Waals surface area contributed by atoms with E-state index in [0.717, 1.165) is 31.2 Å². The number of carbonyl (C=O) groups is 1. The number of aromatic nitrogens is 2. The Morgan fingerprint density at radius 2 is 2.12 bits per heavy atom. The standard InChI is InChI=1S/C19H26N4O3/c1-14-7-9-15(10-8-14)12-20-19(24)23-11-5-3-4-6-16(23)18-21-17(13-25-2)22-26-18/h7-10,16H,3-6,11-13H2,1-2H3,(H,20,24). The van der Waals surface area contributed by atoms with Crippen LogP contribution in [0.15, 0.2) is 28.8 Å². The first kappa shape index (κ1) is 18.4. The molecule has 1 aromatic heterocycles. The van der Waals surface area contributed by atoms with Crippen LogP contribution >= 0.6 is 0 Å². The highest BCUT2D eigenvalue weighted by atomic mass is 16.5. The van der Waals surface area contributed by atoms with Crippen molar-refractivity contribution in [3.8, 4) is 0 Å². The Morgan fingerprint density at radius 3 is 2.88 bits per heavy atom. The zero-order valence-corrected chi connectivity index (χ0v) is 15.4. The molecule has 2 heterocycles. The van der Waals surface area contributed by atoms with Crippen molar-refractivity contribution in [1.82, 2.24) is 20.4 Å². The lowest BCUT2D eigenvalue weighted by atomic mass is 10.1. The second-order valence-corrected chi connectivity index (χ2v) is 6.68. The number of benzene rings is 1. The highest BCUT2D eigenvalue weighted by molar-refractivity contribution is 5.74. The topological polar surface area (TPSA) is 80.5 Å². The van der Waals surface area contributed by atoms with E-state index in [-0.39, 0.29) is 12.1 Å². The van der Waals surface area contributed by atoms with Gasteiger partial charge in [-0.3, -0.25) is 0 Å². The number of amides is 2. The SMILES string of the molecule is COCc1noc(C2CCCCCN2C(=O)NCc2ccc(C)cc2)n1. The molecule has 140 valence electrons. The number of nitrogens with zero attached hydrogens (tertiary/aromatic N) is 3. The lowest BCUT2D eigenvalue weighted by molar-refractivity contribution is 0.158. The van der Waals surface area contributed by atoms with Crippen molar-refractivity contribution in [3.63, 3.8) is 0 Å². The molecule has 1 saturated heterocycles. The van der Waals surface area contributed by atoms with Gasteiger partial charge < -0.3 is 19.5 Å². The van der Waals surface area contributed by atoms with Crippen LogP contribution < -0.4 is 5.32 Å².